The molecule has 0 aliphatic carbocycles. The van der Waals surface area contributed by atoms with E-state index in [1.54, 1.807) is 0 Å². The van der Waals surface area contributed by atoms with E-state index < -0.39 is 0 Å². The molecular weight excluding hydrogens is 128 g/mol. The average molecular weight is 138 g/mol. The normalized spacial score (nSPS) is 5.71. The first-order valence-corrected chi connectivity index (χ1v) is 1.58. The van der Waals surface area contributed by atoms with Gasteiger partial charge in [0.05, 0.1) is 0 Å². The molecule has 0 aliphatic heterocycles. The van der Waals surface area contributed by atoms with Crippen LogP contribution in [0, 0.1) is 0 Å². The second-order valence-corrected chi connectivity index (χ2v) is 0.885. The third-order valence-corrected chi connectivity index (χ3v) is 0.496. The van der Waals surface area contributed by atoms with Gasteiger partial charge in [-0.2, -0.15) is 9.90 Å². The summed E-state index contributed by atoms with van der Waals surface area (Å²) < 4.78 is 0. The lowest BCUT2D eigenvalue weighted by Crippen LogP contribution is -1.38. The maximum atomic E-state index is 2.86. The third-order valence-electron chi connectivity index (χ3n) is 0.496. The summed E-state index contributed by atoms with van der Waals surface area (Å²) in [6, 6.07) is 3.89. The molecule has 0 aromatic carbocycles. The lowest BCUT2D eigenvalue weighted by atomic mass is 10.7. The number of halogens is 1. The van der Waals surface area contributed by atoms with Crippen molar-refractivity contribution in [1.82, 2.24) is 4.98 Å². The molecule has 1 unspecified atom stereocenters. The number of hydrogen-bond acceptors (Lipinski definition) is 0. The molecule has 1 heterocycles. The maximum absolute atomic E-state index is 2.86. The van der Waals surface area contributed by atoms with Crippen molar-refractivity contribution < 1.29 is 0 Å². The highest BCUT2D eigenvalue weighted by Gasteiger charge is 1.55. The van der Waals surface area contributed by atoms with Gasteiger partial charge >= 0.3 is 0 Å². The van der Waals surface area contributed by atoms with Crippen LogP contribution in [-0.2, 0) is 0 Å². The number of H-pyrrole nitrogens is 1. The predicted molar refractivity (Wildman–Crippen MR) is 39.1 cm³/mol. The van der Waals surface area contributed by atoms with Crippen LogP contribution in [0.5, 0.6) is 0 Å². The Balaban J connectivity index is 0. The van der Waals surface area contributed by atoms with Gasteiger partial charge in [0.25, 0.3) is 0 Å². The zero-order valence-electron chi connectivity index (χ0n) is 3.92. The molecule has 0 saturated heterocycles. The zero-order valence-corrected chi connectivity index (χ0v) is 6.16. The summed E-state index contributed by atoms with van der Waals surface area (Å²) >= 11 is 0. The summed E-state index contributed by atoms with van der Waals surface area (Å²) in [7, 11) is 0. The smallest absolute Gasteiger partial charge is 0.000496 e. The highest BCUT2D eigenvalue weighted by molar-refractivity contribution is 6.92. The van der Waals surface area contributed by atoms with Crippen molar-refractivity contribution in [2.24, 2.45) is 0 Å². The van der Waals surface area contributed by atoms with Crippen LogP contribution in [0.25, 0.3) is 0 Å². The zero-order chi connectivity index (χ0) is 3.54. The molecule has 0 aliphatic rings. The molecule has 1 rings (SSSR count). The molecular formula is C4H9ClNP. The van der Waals surface area contributed by atoms with Crippen molar-refractivity contribution in [1.29, 1.82) is 0 Å². The fraction of sp³-hybridized carbons (Fsp3) is 0. The summed E-state index contributed by atoms with van der Waals surface area (Å²) in [6.45, 7) is 0. The van der Waals surface area contributed by atoms with Crippen LogP contribution < -0.4 is 0 Å². The van der Waals surface area contributed by atoms with Crippen molar-refractivity contribution in [3.63, 3.8) is 0 Å². The molecule has 1 atom stereocenters. The second kappa shape index (κ2) is 6.00. The fourth-order valence-corrected chi connectivity index (χ4v) is 0.278. The van der Waals surface area contributed by atoms with Gasteiger partial charge in [0.15, 0.2) is 0 Å². The van der Waals surface area contributed by atoms with E-state index in [2.05, 4.69) is 4.98 Å². The fourth-order valence-electron chi connectivity index (χ4n) is 0.278. The molecule has 0 bridgehead atoms. The van der Waals surface area contributed by atoms with Crippen LogP contribution in [0.2, 0.25) is 0 Å². The number of rotatable bonds is 0. The lowest BCUT2D eigenvalue weighted by Gasteiger charge is -1.49. The monoisotopic (exact) mass is 137 g/mol. The van der Waals surface area contributed by atoms with Crippen LogP contribution in [0.4, 0.5) is 0 Å². The van der Waals surface area contributed by atoms with E-state index in [0.29, 0.717) is 0 Å². The van der Waals surface area contributed by atoms with Gasteiger partial charge in [0.1, 0.15) is 0 Å². The van der Waals surface area contributed by atoms with E-state index in [1.165, 1.54) is 0 Å². The first-order valence-electron chi connectivity index (χ1n) is 1.58. The minimum atomic E-state index is 0. The van der Waals surface area contributed by atoms with Gasteiger partial charge < -0.3 is 4.98 Å². The van der Waals surface area contributed by atoms with Crippen molar-refractivity contribution in [2.45, 2.75) is 0 Å². The Hall–Kier alpha value is -0.0000000000000000555. The first-order chi connectivity index (χ1) is 2.50. The van der Waals surface area contributed by atoms with Crippen molar-refractivity contribution >= 4 is 22.3 Å². The average Bonchev–Trinajstić information content (AvgIpc) is 1.76. The van der Waals surface area contributed by atoms with Gasteiger partial charge in [-0.1, -0.05) is 0 Å². The molecule has 0 spiro atoms. The van der Waals surface area contributed by atoms with Crippen LogP contribution in [0.1, 0.15) is 0 Å². The van der Waals surface area contributed by atoms with Crippen molar-refractivity contribution in [2.75, 3.05) is 0 Å². The number of aromatic amines is 1. The molecule has 0 radical (unpaired) electrons. The van der Waals surface area contributed by atoms with Crippen LogP contribution in [-0.4, -0.2) is 4.98 Å². The van der Waals surface area contributed by atoms with E-state index in [9.17, 15) is 0 Å². The molecule has 0 amide bonds. The van der Waals surface area contributed by atoms with Gasteiger partial charge in [-0.25, -0.2) is 0 Å². The van der Waals surface area contributed by atoms with Gasteiger partial charge in [-0.15, -0.1) is 12.4 Å². The van der Waals surface area contributed by atoms with E-state index in [4.69, 9.17) is 0 Å². The summed E-state index contributed by atoms with van der Waals surface area (Å²) in [5, 5.41) is 0. The Labute approximate surface area is 52.5 Å². The van der Waals surface area contributed by atoms with E-state index in [1.807, 2.05) is 24.5 Å². The Morgan fingerprint density at radius 2 is 1.43 bits per heavy atom. The Kier molecular flexibility index (Phi) is 8.64. The molecule has 1 N–H and O–H groups in total. The predicted octanol–water partition coefficient (Wildman–Crippen LogP) is 1.49. The highest BCUT2D eigenvalue weighted by Crippen LogP contribution is 1.72. The van der Waals surface area contributed by atoms with Gasteiger partial charge in [0, 0.05) is 12.4 Å². The third kappa shape index (κ3) is 3.84. The van der Waals surface area contributed by atoms with E-state index in [-0.39, 0.29) is 22.3 Å². The summed E-state index contributed by atoms with van der Waals surface area (Å²) in [5.74, 6) is 0. The lowest BCUT2D eigenvalue weighted by molar-refractivity contribution is 1.42. The van der Waals surface area contributed by atoms with Gasteiger partial charge in [-0.3, -0.25) is 0 Å². The standard InChI is InChI=1S/C4H5N.ClH.H3P/c1-2-4-5-3-1;;/h1-5H;1H;1H3. The Morgan fingerprint density at radius 1 is 1.00 bits per heavy atom. The molecule has 3 heteroatoms. The molecule has 0 saturated carbocycles. The van der Waals surface area contributed by atoms with E-state index in [0.717, 1.165) is 0 Å². The Bertz CT molecular complexity index is 68.2. The van der Waals surface area contributed by atoms with Crippen molar-refractivity contribution in [3.8, 4) is 0 Å². The molecule has 1 aromatic heterocycles. The molecule has 1 aromatic rings. The van der Waals surface area contributed by atoms with E-state index >= 15 is 0 Å². The number of nitrogens with one attached hydrogen (secondary N) is 1. The Morgan fingerprint density at radius 3 is 1.57 bits per heavy atom. The topological polar surface area (TPSA) is 15.8 Å². The highest BCUT2D eigenvalue weighted by atomic mass is 35.5. The number of aromatic nitrogens is 1. The summed E-state index contributed by atoms with van der Waals surface area (Å²) in [6.07, 6.45) is 3.75. The van der Waals surface area contributed by atoms with Crippen LogP contribution >= 0.6 is 22.3 Å². The molecule has 0 fully saturated rings. The SMILES string of the molecule is Cl.P.c1cc[nH]c1. The minimum Gasteiger partial charge on any atom is -0.368 e. The molecule has 7 heavy (non-hydrogen) atoms. The van der Waals surface area contributed by atoms with Crippen LogP contribution in [0.15, 0.2) is 24.5 Å². The number of hydrogen-bond donors (Lipinski definition) is 1. The molecule has 1 nitrogen and oxygen atoms in total. The second-order valence-electron chi connectivity index (χ2n) is 0.885. The van der Waals surface area contributed by atoms with Gasteiger partial charge in [-0.05, 0) is 12.1 Å². The minimum absolute atomic E-state index is 0. The van der Waals surface area contributed by atoms with Crippen LogP contribution in [0.3, 0.4) is 0 Å². The van der Waals surface area contributed by atoms with Gasteiger partial charge in [0.2, 0.25) is 0 Å². The summed E-state index contributed by atoms with van der Waals surface area (Å²) in [4.78, 5) is 2.86. The first kappa shape index (κ1) is 10.1. The summed E-state index contributed by atoms with van der Waals surface area (Å²) in [5.41, 5.74) is 0. The molecule has 42 valence electrons. The largest absolute Gasteiger partial charge is 0.368 e. The quantitative estimate of drug-likeness (QED) is 0.522. The van der Waals surface area contributed by atoms with Crippen molar-refractivity contribution in [3.05, 3.63) is 24.5 Å². The maximum Gasteiger partial charge on any atom is 0.000496 e.